The summed E-state index contributed by atoms with van der Waals surface area (Å²) in [5, 5.41) is 9.73. The Bertz CT molecular complexity index is 520. The van der Waals surface area contributed by atoms with Crippen molar-refractivity contribution in [3.8, 4) is 0 Å². The van der Waals surface area contributed by atoms with Crippen molar-refractivity contribution in [2.24, 2.45) is 0 Å². The van der Waals surface area contributed by atoms with E-state index in [1.807, 2.05) is 0 Å². The van der Waals surface area contributed by atoms with E-state index >= 15 is 0 Å². The number of aryl methyl sites for hydroxylation is 1. The minimum absolute atomic E-state index is 0.269. The predicted octanol–water partition coefficient (Wildman–Crippen LogP) is 1.33. The number of hydrogen-bond acceptors (Lipinski definition) is 6. The van der Waals surface area contributed by atoms with Crippen molar-refractivity contribution in [3.63, 3.8) is 0 Å². The maximum atomic E-state index is 12.1. The fourth-order valence-corrected chi connectivity index (χ4v) is 1.74. The molecule has 110 valence electrons. The van der Waals surface area contributed by atoms with E-state index in [0.717, 1.165) is 0 Å². The zero-order chi connectivity index (χ0) is 14.9. The summed E-state index contributed by atoms with van der Waals surface area (Å²) >= 11 is 0. The molecule has 0 aromatic carbocycles. The van der Waals surface area contributed by atoms with Crippen LogP contribution in [0.15, 0.2) is 4.63 Å². The maximum absolute atomic E-state index is 12.1. The van der Waals surface area contributed by atoms with Gasteiger partial charge in [0.05, 0.1) is 0 Å². The van der Waals surface area contributed by atoms with Gasteiger partial charge in [0.25, 0.3) is 0 Å². The van der Waals surface area contributed by atoms with Crippen molar-refractivity contribution in [2.75, 3.05) is 11.9 Å². The largest absolute Gasteiger partial charge is 0.444 e. The van der Waals surface area contributed by atoms with Crippen LogP contribution in [0.2, 0.25) is 0 Å². The van der Waals surface area contributed by atoms with Crippen LogP contribution in [0.3, 0.4) is 0 Å². The number of likely N-dealkylation sites (tertiary alicyclic amines) is 1. The molecule has 0 aliphatic carbocycles. The quantitative estimate of drug-likeness (QED) is 0.878. The molecule has 0 saturated carbocycles. The third-order valence-electron chi connectivity index (χ3n) is 2.84. The Balaban J connectivity index is 1.95. The van der Waals surface area contributed by atoms with E-state index in [1.165, 1.54) is 4.90 Å². The topological polar surface area (TPSA) is 97.6 Å². The first-order valence-corrected chi connectivity index (χ1v) is 6.37. The lowest BCUT2D eigenvalue weighted by molar-refractivity contribution is -0.125. The van der Waals surface area contributed by atoms with Gasteiger partial charge in [0.1, 0.15) is 17.3 Å². The average molecular weight is 282 g/mol. The van der Waals surface area contributed by atoms with Gasteiger partial charge < -0.3 is 10.1 Å². The number of nitrogens with one attached hydrogen (secondary N) is 1. The van der Waals surface area contributed by atoms with Gasteiger partial charge in [0.2, 0.25) is 5.91 Å². The van der Waals surface area contributed by atoms with Gasteiger partial charge in [-0.2, -0.15) is 0 Å². The van der Waals surface area contributed by atoms with Crippen LogP contribution in [0.1, 0.15) is 32.9 Å². The molecule has 2 rings (SSSR count). The maximum Gasteiger partial charge on any atom is 0.410 e. The molecule has 1 saturated heterocycles. The first kappa shape index (κ1) is 14.3. The van der Waals surface area contributed by atoms with Gasteiger partial charge in [0, 0.05) is 6.54 Å². The van der Waals surface area contributed by atoms with Gasteiger partial charge >= 0.3 is 6.09 Å². The third kappa shape index (κ3) is 3.06. The standard InChI is InChI=1S/C12H18N4O4/c1-7-9(15-20-14-7)13-10(17)8-5-6-16(8)11(18)19-12(2,3)4/h8H,5-6H2,1-4H3,(H,13,15,17)/t8-/m1/s1. The van der Waals surface area contributed by atoms with Crippen LogP contribution in [0.4, 0.5) is 10.6 Å². The highest BCUT2D eigenvalue weighted by molar-refractivity contribution is 5.97. The number of hydrogen-bond donors (Lipinski definition) is 1. The van der Waals surface area contributed by atoms with Gasteiger partial charge in [0.15, 0.2) is 5.82 Å². The molecule has 1 aromatic rings. The number of aromatic nitrogens is 2. The first-order valence-electron chi connectivity index (χ1n) is 6.37. The molecule has 0 radical (unpaired) electrons. The number of ether oxygens (including phenoxy) is 1. The number of anilines is 1. The van der Waals surface area contributed by atoms with Gasteiger partial charge in [-0.25, -0.2) is 9.42 Å². The molecule has 1 fully saturated rings. The van der Waals surface area contributed by atoms with Gasteiger partial charge in [-0.1, -0.05) is 5.16 Å². The highest BCUT2D eigenvalue weighted by atomic mass is 16.6. The normalized spacial score (nSPS) is 18.4. The molecule has 8 nitrogen and oxygen atoms in total. The number of amides is 2. The van der Waals surface area contributed by atoms with Gasteiger partial charge in [-0.3, -0.25) is 9.69 Å². The second-order valence-electron chi connectivity index (χ2n) is 5.67. The van der Waals surface area contributed by atoms with E-state index in [2.05, 4.69) is 20.3 Å². The SMILES string of the molecule is Cc1nonc1NC(=O)[C@H]1CCN1C(=O)OC(C)(C)C. The van der Waals surface area contributed by atoms with Gasteiger partial charge in [-0.15, -0.1) is 0 Å². The molecule has 0 unspecified atom stereocenters. The highest BCUT2D eigenvalue weighted by Crippen LogP contribution is 2.22. The second kappa shape index (κ2) is 5.10. The molecule has 1 aliphatic rings. The fourth-order valence-electron chi connectivity index (χ4n) is 1.74. The summed E-state index contributed by atoms with van der Waals surface area (Å²) in [5.41, 5.74) is -0.0955. The molecule has 0 spiro atoms. The highest BCUT2D eigenvalue weighted by Gasteiger charge is 2.40. The van der Waals surface area contributed by atoms with Crippen molar-refractivity contribution in [2.45, 2.75) is 45.8 Å². The summed E-state index contributed by atoms with van der Waals surface area (Å²) in [6.45, 7) is 7.51. The van der Waals surface area contributed by atoms with Crippen LogP contribution < -0.4 is 5.32 Å². The second-order valence-corrected chi connectivity index (χ2v) is 5.67. The molecule has 20 heavy (non-hydrogen) atoms. The lowest BCUT2D eigenvalue weighted by Gasteiger charge is -2.39. The fraction of sp³-hybridized carbons (Fsp3) is 0.667. The molecule has 1 aromatic heterocycles. The van der Waals surface area contributed by atoms with E-state index in [1.54, 1.807) is 27.7 Å². The summed E-state index contributed by atoms with van der Waals surface area (Å²) < 4.78 is 9.74. The summed E-state index contributed by atoms with van der Waals surface area (Å²) in [6.07, 6.45) is 0.106. The smallest absolute Gasteiger partial charge is 0.410 e. The van der Waals surface area contributed by atoms with Crippen LogP contribution >= 0.6 is 0 Å². The summed E-state index contributed by atoms with van der Waals surface area (Å²) in [7, 11) is 0. The Morgan fingerprint density at radius 2 is 2.10 bits per heavy atom. The molecule has 8 heteroatoms. The number of carbonyl (C=O) groups excluding carboxylic acids is 2. The summed E-state index contributed by atoms with van der Waals surface area (Å²) in [5.74, 6) is -0.0491. The van der Waals surface area contributed by atoms with E-state index in [9.17, 15) is 9.59 Å². The Hall–Kier alpha value is -2.12. The number of carbonyl (C=O) groups is 2. The summed E-state index contributed by atoms with van der Waals surface area (Å²) in [6, 6.07) is -0.541. The van der Waals surface area contributed by atoms with Gasteiger partial charge in [-0.05, 0) is 39.3 Å². The van der Waals surface area contributed by atoms with Crippen LogP contribution in [0, 0.1) is 6.92 Å². The molecule has 2 amide bonds. The lowest BCUT2D eigenvalue weighted by Crippen LogP contribution is -2.57. The zero-order valence-electron chi connectivity index (χ0n) is 12.0. The molecule has 0 bridgehead atoms. The minimum Gasteiger partial charge on any atom is -0.444 e. The number of nitrogens with zero attached hydrogens (tertiary/aromatic N) is 3. The van der Waals surface area contributed by atoms with Crippen molar-refractivity contribution in [1.82, 2.24) is 15.2 Å². The number of rotatable bonds is 2. The molecular weight excluding hydrogens is 264 g/mol. The average Bonchev–Trinajstić information content (AvgIpc) is 2.59. The summed E-state index contributed by atoms with van der Waals surface area (Å²) in [4.78, 5) is 25.4. The zero-order valence-corrected chi connectivity index (χ0v) is 12.0. The van der Waals surface area contributed by atoms with Crippen LogP contribution in [-0.2, 0) is 9.53 Å². The Morgan fingerprint density at radius 1 is 1.40 bits per heavy atom. The minimum atomic E-state index is -0.583. The first-order chi connectivity index (χ1) is 9.28. The van der Waals surface area contributed by atoms with Crippen LogP contribution in [0.25, 0.3) is 0 Å². The monoisotopic (exact) mass is 282 g/mol. The van der Waals surface area contributed by atoms with Crippen molar-refractivity contribution in [3.05, 3.63) is 5.69 Å². The molecule has 1 atom stereocenters. The van der Waals surface area contributed by atoms with Crippen LogP contribution in [-0.4, -0.2) is 45.4 Å². The Morgan fingerprint density at radius 3 is 2.55 bits per heavy atom. The van der Waals surface area contributed by atoms with Crippen molar-refractivity contribution in [1.29, 1.82) is 0 Å². The molecule has 1 N–H and O–H groups in total. The van der Waals surface area contributed by atoms with E-state index < -0.39 is 17.7 Å². The van der Waals surface area contributed by atoms with Crippen molar-refractivity contribution < 1.29 is 19.0 Å². The Labute approximate surface area is 116 Å². The third-order valence-corrected chi connectivity index (χ3v) is 2.84. The lowest BCUT2D eigenvalue weighted by atomic mass is 10.0. The Kier molecular flexibility index (Phi) is 3.65. The molecule has 2 heterocycles. The molecular formula is C12H18N4O4. The molecule has 1 aliphatic heterocycles. The van der Waals surface area contributed by atoms with Crippen molar-refractivity contribution >= 4 is 17.8 Å². The van der Waals surface area contributed by atoms with E-state index in [4.69, 9.17) is 4.74 Å². The predicted molar refractivity (Wildman–Crippen MR) is 69.0 cm³/mol. The van der Waals surface area contributed by atoms with Crippen LogP contribution in [0.5, 0.6) is 0 Å². The van der Waals surface area contributed by atoms with E-state index in [-0.39, 0.29) is 11.7 Å². The van der Waals surface area contributed by atoms with E-state index in [0.29, 0.717) is 18.7 Å².